The van der Waals surface area contributed by atoms with Crippen LogP contribution in [0.15, 0.2) is 12.1 Å². The van der Waals surface area contributed by atoms with Gasteiger partial charge in [0.2, 0.25) is 12.7 Å². The highest BCUT2D eigenvalue weighted by Gasteiger charge is 2.20. The average Bonchev–Trinajstić information content (AvgIpc) is 2.91. The lowest BCUT2D eigenvalue weighted by molar-refractivity contribution is -0.123. The lowest BCUT2D eigenvalue weighted by Crippen LogP contribution is -2.43. The van der Waals surface area contributed by atoms with Gasteiger partial charge < -0.3 is 20.1 Å². The molecule has 116 valence electrons. The number of rotatable bonds is 6. The molecule has 1 heterocycles. The molecule has 1 aromatic rings. The maximum absolute atomic E-state index is 11.9. The van der Waals surface area contributed by atoms with Crippen molar-refractivity contribution in [1.82, 2.24) is 10.6 Å². The number of likely N-dealkylation sites (N-methyl/N-ethyl adjacent to an activating group) is 1. The molecule has 6 heteroatoms. The predicted molar refractivity (Wildman–Crippen MR) is 81.7 cm³/mol. The minimum absolute atomic E-state index is 0.00413. The topological polar surface area (TPSA) is 59.6 Å². The van der Waals surface area contributed by atoms with E-state index >= 15 is 0 Å². The summed E-state index contributed by atoms with van der Waals surface area (Å²) in [4.78, 5) is 11.9. The van der Waals surface area contributed by atoms with Crippen LogP contribution in [-0.4, -0.2) is 25.8 Å². The normalized spacial score (nSPS) is 14.3. The van der Waals surface area contributed by atoms with E-state index in [2.05, 4.69) is 24.5 Å². The second-order valence-electron chi connectivity index (χ2n) is 5.49. The van der Waals surface area contributed by atoms with Crippen molar-refractivity contribution >= 4 is 17.5 Å². The monoisotopic (exact) mass is 312 g/mol. The number of benzene rings is 1. The van der Waals surface area contributed by atoms with Crippen molar-refractivity contribution in [3.05, 3.63) is 22.7 Å². The van der Waals surface area contributed by atoms with Crippen molar-refractivity contribution in [3.63, 3.8) is 0 Å². The quantitative estimate of drug-likeness (QED) is 0.846. The Hall–Kier alpha value is -1.46. The molecule has 2 rings (SSSR count). The zero-order chi connectivity index (χ0) is 15.4. The second kappa shape index (κ2) is 7.00. The van der Waals surface area contributed by atoms with E-state index in [-0.39, 0.29) is 18.7 Å². The third kappa shape index (κ3) is 4.02. The molecule has 0 spiro atoms. The van der Waals surface area contributed by atoms with Crippen LogP contribution in [0.5, 0.6) is 11.5 Å². The van der Waals surface area contributed by atoms with Crippen LogP contribution in [0.2, 0.25) is 5.02 Å². The molecule has 1 aliphatic heterocycles. The van der Waals surface area contributed by atoms with Crippen LogP contribution in [0, 0.1) is 5.92 Å². The fourth-order valence-corrected chi connectivity index (χ4v) is 2.58. The van der Waals surface area contributed by atoms with E-state index in [0.29, 0.717) is 29.0 Å². The summed E-state index contributed by atoms with van der Waals surface area (Å²) < 4.78 is 10.6. The van der Waals surface area contributed by atoms with E-state index < -0.39 is 0 Å². The van der Waals surface area contributed by atoms with Crippen LogP contribution < -0.4 is 20.1 Å². The Morgan fingerprint density at radius 2 is 2.14 bits per heavy atom. The molecule has 1 unspecified atom stereocenters. The first-order valence-electron chi connectivity index (χ1n) is 7.04. The summed E-state index contributed by atoms with van der Waals surface area (Å²) in [6.45, 7) is 4.92. The number of amides is 1. The molecular weight excluding hydrogens is 292 g/mol. The van der Waals surface area contributed by atoms with Crippen LogP contribution in [0.1, 0.15) is 25.8 Å². The summed E-state index contributed by atoms with van der Waals surface area (Å²) in [7, 11) is 1.65. The summed E-state index contributed by atoms with van der Waals surface area (Å²) in [5.74, 6) is 1.67. The Balaban J connectivity index is 2.03. The third-order valence-corrected chi connectivity index (χ3v) is 3.59. The second-order valence-corrected chi connectivity index (χ2v) is 5.90. The van der Waals surface area contributed by atoms with Crippen LogP contribution in [0.3, 0.4) is 0 Å². The summed E-state index contributed by atoms with van der Waals surface area (Å²) in [6.07, 6.45) is 0.776. The fraction of sp³-hybridized carbons (Fsp3) is 0.533. The zero-order valence-corrected chi connectivity index (χ0v) is 13.3. The molecule has 2 N–H and O–H groups in total. The SMILES string of the molecule is CNC(=O)C(CC(C)C)NCc1cc(Cl)c2c(c1)OCO2. The van der Waals surface area contributed by atoms with Gasteiger partial charge in [0, 0.05) is 13.6 Å². The molecule has 0 fully saturated rings. The Kier molecular flexibility index (Phi) is 5.31. The van der Waals surface area contributed by atoms with Crippen molar-refractivity contribution in [2.75, 3.05) is 13.8 Å². The molecule has 1 aliphatic rings. The van der Waals surface area contributed by atoms with Gasteiger partial charge in [0.1, 0.15) is 0 Å². The summed E-state index contributed by atoms with van der Waals surface area (Å²) in [5.41, 5.74) is 0.960. The standard InChI is InChI=1S/C15H21ClN2O3/c1-9(2)4-12(15(19)17-3)18-7-10-5-11(16)14-13(6-10)20-8-21-14/h5-6,9,12,18H,4,7-8H2,1-3H3,(H,17,19). The van der Waals surface area contributed by atoms with Crippen molar-refractivity contribution in [3.8, 4) is 11.5 Å². The third-order valence-electron chi connectivity index (χ3n) is 3.31. The lowest BCUT2D eigenvalue weighted by atomic mass is 10.0. The number of halogens is 1. The molecule has 0 radical (unpaired) electrons. The van der Waals surface area contributed by atoms with E-state index in [9.17, 15) is 4.79 Å². The van der Waals surface area contributed by atoms with Gasteiger partial charge in [-0.15, -0.1) is 0 Å². The van der Waals surface area contributed by atoms with Crippen molar-refractivity contribution < 1.29 is 14.3 Å². The zero-order valence-electron chi connectivity index (χ0n) is 12.5. The van der Waals surface area contributed by atoms with Gasteiger partial charge in [-0.3, -0.25) is 4.79 Å². The summed E-state index contributed by atoms with van der Waals surface area (Å²) in [6, 6.07) is 3.50. The first-order valence-corrected chi connectivity index (χ1v) is 7.42. The number of carbonyl (C=O) groups excluding carboxylic acids is 1. The molecule has 5 nitrogen and oxygen atoms in total. The van der Waals surface area contributed by atoms with Gasteiger partial charge >= 0.3 is 0 Å². The van der Waals surface area contributed by atoms with Crippen molar-refractivity contribution in [2.45, 2.75) is 32.9 Å². The van der Waals surface area contributed by atoms with E-state index in [0.717, 1.165) is 12.0 Å². The number of fused-ring (bicyclic) bond motifs is 1. The molecular formula is C15H21ClN2O3. The van der Waals surface area contributed by atoms with Crippen LogP contribution in [0.4, 0.5) is 0 Å². The molecule has 21 heavy (non-hydrogen) atoms. The first kappa shape index (κ1) is 15.9. The van der Waals surface area contributed by atoms with Gasteiger partial charge in [0.25, 0.3) is 0 Å². The fourth-order valence-electron chi connectivity index (χ4n) is 2.29. The maximum atomic E-state index is 11.9. The Morgan fingerprint density at radius 1 is 1.38 bits per heavy atom. The largest absolute Gasteiger partial charge is 0.454 e. The molecule has 0 aromatic heterocycles. The summed E-state index contributed by atoms with van der Waals surface area (Å²) in [5, 5.41) is 6.49. The van der Waals surface area contributed by atoms with Crippen LogP contribution in [0.25, 0.3) is 0 Å². The molecule has 1 aromatic carbocycles. The highest BCUT2D eigenvalue weighted by Crippen LogP contribution is 2.39. The lowest BCUT2D eigenvalue weighted by Gasteiger charge is -2.19. The Bertz CT molecular complexity index is 520. The highest BCUT2D eigenvalue weighted by molar-refractivity contribution is 6.32. The average molecular weight is 313 g/mol. The van der Waals surface area contributed by atoms with Gasteiger partial charge in [0.05, 0.1) is 11.1 Å². The maximum Gasteiger partial charge on any atom is 0.236 e. The van der Waals surface area contributed by atoms with Gasteiger partial charge in [-0.05, 0) is 30.0 Å². The van der Waals surface area contributed by atoms with Gasteiger partial charge in [-0.2, -0.15) is 0 Å². The molecule has 0 saturated carbocycles. The summed E-state index contributed by atoms with van der Waals surface area (Å²) >= 11 is 6.15. The van der Waals surface area contributed by atoms with Crippen LogP contribution >= 0.6 is 11.6 Å². The van der Waals surface area contributed by atoms with Gasteiger partial charge in [0.15, 0.2) is 11.5 Å². The van der Waals surface area contributed by atoms with Crippen molar-refractivity contribution in [1.29, 1.82) is 0 Å². The highest BCUT2D eigenvalue weighted by atomic mass is 35.5. The van der Waals surface area contributed by atoms with Crippen molar-refractivity contribution in [2.24, 2.45) is 5.92 Å². The minimum Gasteiger partial charge on any atom is -0.454 e. The van der Waals surface area contributed by atoms with Gasteiger partial charge in [-0.1, -0.05) is 25.4 Å². The van der Waals surface area contributed by atoms with E-state index in [1.54, 1.807) is 7.05 Å². The molecule has 1 amide bonds. The first-order chi connectivity index (χ1) is 10.0. The molecule has 1 atom stereocenters. The number of nitrogens with one attached hydrogen (secondary N) is 2. The molecule has 0 aliphatic carbocycles. The number of hydrogen-bond acceptors (Lipinski definition) is 4. The number of carbonyl (C=O) groups is 1. The van der Waals surface area contributed by atoms with E-state index in [1.165, 1.54) is 0 Å². The van der Waals surface area contributed by atoms with Crippen LogP contribution in [-0.2, 0) is 11.3 Å². The number of hydrogen-bond donors (Lipinski definition) is 2. The van der Waals surface area contributed by atoms with Gasteiger partial charge in [-0.25, -0.2) is 0 Å². The Morgan fingerprint density at radius 3 is 2.81 bits per heavy atom. The minimum atomic E-state index is -0.223. The van der Waals surface area contributed by atoms with E-state index in [1.807, 2.05) is 12.1 Å². The smallest absolute Gasteiger partial charge is 0.236 e. The Labute approximate surface area is 130 Å². The molecule has 0 bridgehead atoms. The van der Waals surface area contributed by atoms with E-state index in [4.69, 9.17) is 21.1 Å². The predicted octanol–water partition coefficient (Wildman–Crippen LogP) is 2.32. The molecule has 0 saturated heterocycles. The number of ether oxygens (including phenoxy) is 2.